The molecule has 0 amide bonds. The fourth-order valence-corrected chi connectivity index (χ4v) is 3.56. The summed E-state index contributed by atoms with van der Waals surface area (Å²) in [6, 6.07) is 6.86. The van der Waals surface area contributed by atoms with Crippen molar-refractivity contribution in [3.63, 3.8) is 0 Å². The van der Waals surface area contributed by atoms with Crippen LogP contribution in [-0.4, -0.2) is 38.0 Å². The van der Waals surface area contributed by atoms with Gasteiger partial charge in [-0.1, -0.05) is 12.1 Å². The summed E-state index contributed by atoms with van der Waals surface area (Å²) in [5, 5.41) is 23.3. The zero-order chi connectivity index (χ0) is 19.2. The maximum Gasteiger partial charge on any atom is 0.416 e. The van der Waals surface area contributed by atoms with E-state index in [1.54, 1.807) is 10.6 Å². The number of hydrogen-bond donors (Lipinski definition) is 1. The van der Waals surface area contributed by atoms with E-state index in [2.05, 4.69) is 20.2 Å². The van der Waals surface area contributed by atoms with Gasteiger partial charge in [0.25, 0.3) is 0 Å². The molecule has 0 atom stereocenters. The van der Waals surface area contributed by atoms with Crippen LogP contribution in [0.25, 0.3) is 5.65 Å². The normalized spacial score (nSPS) is 17.4. The summed E-state index contributed by atoms with van der Waals surface area (Å²) < 4.78 is 40.6. The predicted octanol–water partition coefficient (Wildman–Crippen LogP) is 2.94. The van der Waals surface area contributed by atoms with Crippen molar-refractivity contribution >= 4 is 11.3 Å². The second-order valence-corrected chi connectivity index (χ2v) is 6.87. The first-order valence-corrected chi connectivity index (χ1v) is 8.59. The Kier molecular flexibility index (Phi) is 4.06. The zero-order valence-electron chi connectivity index (χ0n) is 14.6. The van der Waals surface area contributed by atoms with Crippen molar-refractivity contribution in [1.82, 2.24) is 19.8 Å². The molecule has 0 radical (unpaired) electrons. The van der Waals surface area contributed by atoms with Crippen molar-refractivity contribution in [3.05, 3.63) is 53.5 Å². The van der Waals surface area contributed by atoms with E-state index in [1.165, 1.54) is 12.4 Å². The highest BCUT2D eigenvalue weighted by molar-refractivity contribution is 5.68. The number of halogens is 3. The molecular formula is C18H18F3N5O. The Labute approximate surface area is 153 Å². The molecule has 0 bridgehead atoms. The summed E-state index contributed by atoms with van der Waals surface area (Å²) in [5.41, 5.74) is 0.539. The van der Waals surface area contributed by atoms with Crippen LogP contribution < -0.4 is 4.90 Å². The Morgan fingerprint density at radius 3 is 2.59 bits per heavy atom. The third-order valence-electron chi connectivity index (χ3n) is 5.03. The molecule has 6 nitrogen and oxygen atoms in total. The SMILES string of the molecule is Cc1cc(N2CCC(O)(c3cccc(C(F)(F)F)c3)CC2)c2nncn2n1. The van der Waals surface area contributed by atoms with Gasteiger partial charge in [-0.05, 0) is 43.5 Å². The highest BCUT2D eigenvalue weighted by Gasteiger charge is 2.37. The van der Waals surface area contributed by atoms with Gasteiger partial charge in [-0.25, -0.2) is 0 Å². The van der Waals surface area contributed by atoms with Gasteiger partial charge in [0.2, 0.25) is 5.65 Å². The number of hydrogen-bond acceptors (Lipinski definition) is 5. The average Bonchev–Trinajstić information content (AvgIpc) is 3.09. The molecule has 4 rings (SSSR count). The van der Waals surface area contributed by atoms with Crippen molar-refractivity contribution in [2.24, 2.45) is 0 Å². The predicted molar refractivity (Wildman–Crippen MR) is 92.3 cm³/mol. The van der Waals surface area contributed by atoms with Crippen molar-refractivity contribution < 1.29 is 18.3 Å². The maximum absolute atomic E-state index is 13.0. The molecule has 0 spiro atoms. The minimum atomic E-state index is -4.43. The van der Waals surface area contributed by atoms with Crippen LogP contribution in [-0.2, 0) is 11.8 Å². The number of anilines is 1. The van der Waals surface area contributed by atoms with E-state index in [0.717, 1.165) is 23.5 Å². The van der Waals surface area contributed by atoms with E-state index in [4.69, 9.17) is 0 Å². The number of aliphatic hydroxyl groups is 1. The van der Waals surface area contributed by atoms with Crippen LogP contribution in [0, 0.1) is 6.92 Å². The molecule has 1 aliphatic rings. The quantitative estimate of drug-likeness (QED) is 0.744. The monoisotopic (exact) mass is 377 g/mol. The number of nitrogens with zero attached hydrogens (tertiary/aromatic N) is 5. The highest BCUT2D eigenvalue weighted by Crippen LogP contribution is 2.38. The molecule has 1 aromatic carbocycles. The number of rotatable bonds is 2. The molecule has 1 saturated heterocycles. The Balaban J connectivity index is 1.59. The van der Waals surface area contributed by atoms with E-state index < -0.39 is 17.3 Å². The Bertz CT molecular complexity index is 977. The van der Waals surface area contributed by atoms with Crippen LogP contribution in [0.3, 0.4) is 0 Å². The molecule has 27 heavy (non-hydrogen) atoms. The van der Waals surface area contributed by atoms with Gasteiger partial charge in [0.1, 0.15) is 6.33 Å². The van der Waals surface area contributed by atoms with Gasteiger partial charge < -0.3 is 10.0 Å². The summed E-state index contributed by atoms with van der Waals surface area (Å²) in [6.45, 7) is 2.84. The van der Waals surface area contributed by atoms with Crippen molar-refractivity contribution in [2.45, 2.75) is 31.5 Å². The number of fused-ring (bicyclic) bond motifs is 1. The lowest BCUT2D eigenvalue weighted by Gasteiger charge is -2.39. The van der Waals surface area contributed by atoms with Crippen LogP contribution in [0.15, 0.2) is 36.7 Å². The first-order valence-electron chi connectivity index (χ1n) is 8.59. The minimum Gasteiger partial charge on any atom is -0.385 e. The maximum atomic E-state index is 13.0. The summed E-state index contributed by atoms with van der Waals surface area (Å²) in [6.07, 6.45) is -2.28. The van der Waals surface area contributed by atoms with Gasteiger partial charge in [0.15, 0.2) is 0 Å². The van der Waals surface area contributed by atoms with E-state index >= 15 is 0 Å². The van der Waals surface area contributed by atoms with E-state index in [0.29, 0.717) is 37.1 Å². The molecule has 9 heteroatoms. The minimum absolute atomic E-state index is 0.301. The number of benzene rings is 1. The van der Waals surface area contributed by atoms with Gasteiger partial charge in [0, 0.05) is 13.1 Å². The topological polar surface area (TPSA) is 66.5 Å². The standard InChI is InChI=1S/C18H18F3N5O/c1-12-9-15(16-23-22-11-26(16)24-12)25-7-5-17(27,6-8-25)13-3-2-4-14(10-13)18(19,20)21/h2-4,9-11,27H,5-8H2,1H3. The number of aromatic nitrogens is 4. The van der Waals surface area contributed by atoms with Gasteiger partial charge in [-0.2, -0.15) is 22.8 Å². The lowest BCUT2D eigenvalue weighted by molar-refractivity contribution is -0.137. The second-order valence-electron chi connectivity index (χ2n) is 6.87. The largest absolute Gasteiger partial charge is 0.416 e. The number of piperidine rings is 1. The zero-order valence-corrected chi connectivity index (χ0v) is 14.6. The van der Waals surface area contributed by atoms with Crippen LogP contribution >= 0.6 is 0 Å². The van der Waals surface area contributed by atoms with Gasteiger partial charge >= 0.3 is 6.18 Å². The first-order chi connectivity index (χ1) is 12.8. The fraction of sp³-hybridized carbons (Fsp3) is 0.389. The lowest BCUT2D eigenvalue weighted by atomic mass is 9.83. The van der Waals surface area contributed by atoms with Crippen LogP contribution in [0.1, 0.15) is 29.7 Å². The molecular weight excluding hydrogens is 359 g/mol. The lowest BCUT2D eigenvalue weighted by Crippen LogP contribution is -2.43. The molecule has 0 unspecified atom stereocenters. The summed E-state index contributed by atoms with van der Waals surface area (Å²) >= 11 is 0. The van der Waals surface area contributed by atoms with Crippen LogP contribution in [0.5, 0.6) is 0 Å². The molecule has 2 aromatic heterocycles. The van der Waals surface area contributed by atoms with Gasteiger partial charge in [-0.15, -0.1) is 10.2 Å². The molecule has 0 aliphatic carbocycles. The van der Waals surface area contributed by atoms with E-state index in [9.17, 15) is 18.3 Å². The van der Waals surface area contributed by atoms with E-state index in [1.807, 2.05) is 13.0 Å². The Morgan fingerprint density at radius 2 is 1.89 bits per heavy atom. The second kappa shape index (κ2) is 6.19. The molecule has 1 fully saturated rings. The summed E-state index contributed by atoms with van der Waals surface area (Å²) in [5.74, 6) is 0. The number of aryl methyl sites for hydroxylation is 1. The summed E-state index contributed by atoms with van der Waals surface area (Å²) in [4.78, 5) is 2.06. The van der Waals surface area contributed by atoms with Gasteiger partial charge in [-0.3, -0.25) is 0 Å². The molecule has 1 N–H and O–H groups in total. The third kappa shape index (κ3) is 3.23. The third-order valence-corrected chi connectivity index (χ3v) is 5.03. The molecule has 3 heterocycles. The molecule has 0 saturated carbocycles. The molecule has 3 aromatic rings. The smallest absolute Gasteiger partial charge is 0.385 e. The highest BCUT2D eigenvalue weighted by atomic mass is 19.4. The molecule has 1 aliphatic heterocycles. The van der Waals surface area contributed by atoms with Crippen molar-refractivity contribution in [3.8, 4) is 0 Å². The summed E-state index contributed by atoms with van der Waals surface area (Å²) in [7, 11) is 0. The first kappa shape index (κ1) is 17.7. The average molecular weight is 377 g/mol. The number of alkyl halides is 3. The molecule has 142 valence electrons. The fourth-order valence-electron chi connectivity index (χ4n) is 3.56. The Morgan fingerprint density at radius 1 is 1.15 bits per heavy atom. The van der Waals surface area contributed by atoms with Crippen molar-refractivity contribution in [2.75, 3.05) is 18.0 Å². The van der Waals surface area contributed by atoms with E-state index in [-0.39, 0.29) is 0 Å². The van der Waals surface area contributed by atoms with Crippen LogP contribution in [0.4, 0.5) is 18.9 Å². The van der Waals surface area contributed by atoms with Crippen LogP contribution in [0.2, 0.25) is 0 Å². The van der Waals surface area contributed by atoms with Crippen molar-refractivity contribution in [1.29, 1.82) is 0 Å². The van der Waals surface area contributed by atoms with Gasteiger partial charge in [0.05, 0.1) is 22.5 Å². The Hall–Kier alpha value is -2.68.